The van der Waals surface area contributed by atoms with E-state index in [1.807, 2.05) is 0 Å². The molecule has 0 radical (unpaired) electrons. The summed E-state index contributed by atoms with van der Waals surface area (Å²) in [7, 11) is 0. The fourth-order valence-electron chi connectivity index (χ4n) is 6.05. The summed E-state index contributed by atoms with van der Waals surface area (Å²) >= 11 is 0. The Kier molecular flexibility index (Phi) is 4.81. The maximum atomic E-state index is 13.2. The average molecular weight is 374 g/mol. The molecule has 1 aliphatic carbocycles. The van der Waals surface area contributed by atoms with Crippen molar-refractivity contribution < 1.29 is 4.79 Å². The molecule has 2 fully saturated rings. The first-order valence-corrected chi connectivity index (χ1v) is 10.7. The molecule has 0 bridgehead atoms. The Bertz CT molecular complexity index is 683. The van der Waals surface area contributed by atoms with Crippen LogP contribution in [-0.4, -0.2) is 45.2 Å². The minimum atomic E-state index is 0.187. The summed E-state index contributed by atoms with van der Waals surface area (Å²) in [6.07, 6.45) is 5.28. The second kappa shape index (κ2) is 6.87. The molecule has 1 aromatic heterocycles. The third-order valence-corrected chi connectivity index (χ3v) is 6.73. The van der Waals surface area contributed by atoms with Crippen LogP contribution in [-0.2, 0) is 17.9 Å². The number of nitrogens with one attached hydrogen (secondary N) is 1. The zero-order valence-electron chi connectivity index (χ0n) is 17.4. The first-order chi connectivity index (χ1) is 12.7. The predicted molar refractivity (Wildman–Crippen MR) is 105 cm³/mol. The van der Waals surface area contributed by atoms with Crippen LogP contribution in [0.1, 0.15) is 77.4 Å². The average Bonchev–Trinajstić information content (AvgIpc) is 3.03. The van der Waals surface area contributed by atoms with Crippen LogP contribution in [0.2, 0.25) is 0 Å². The maximum Gasteiger partial charge on any atom is 0.225 e. The van der Waals surface area contributed by atoms with Gasteiger partial charge in [0.25, 0.3) is 0 Å². The summed E-state index contributed by atoms with van der Waals surface area (Å²) < 4.78 is 2.30. The first kappa shape index (κ1) is 18.9. The second-order valence-corrected chi connectivity index (χ2v) is 10.5. The van der Waals surface area contributed by atoms with Gasteiger partial charge in [0.1, 0.15) is 11.6 Å². The molecule has 0 atom stereocenters. The van der Waals surface area contributed by atoms with Crippen molar-refractivity contribution in [3.05, 3.63) is 11.6 Å². The van der Waals surface area contributed by atoms with E-state index in [1.54, 1.807) is 0 Å². The molecule has 2 aliphatic heterocycles. The molecule has 0 unspecified atom stereocenters. The van der Waals surface area contributed by atoms with Crippen molar-refractivity contribution in [1.29, 1.82) is 0 Å². The summed E-state index contributed by atoms with van der Waals surface area (Å²) in [5.74, 6) is 3.21. The molecule has 1 aromatic rings. The summed E-state index contributed by atoms with van der Waals surface area (Å²) in [5.41, 5.74) is 0.518. The molecule has 0 spiro atoms. The molecular weight excluding hydrogens is 338 g/mol. The van der Waals surface area contributed by atoms with E-state index < -0.39 is 0 Å². The van der Waals surface area contributed by atoms with Gasteiger partial charge in [-0.15, -0.1) is 10.2 Å². The van der Waals surface area contributed by atoms with Crippen molar-refractivity contribution in [3.63, 3.8) is 0 Å². The van der Waals surface area contributed by atoms with Crippen LogP contribution >= 0.6 is 0 Å². The predicted octanol–water partition coefficient (Wildman–Crippen LogP) is 2.94. The zero-order chi connectivity index (χ0) is 19.2. The van der Waals surface area contributed by atoms with E-state index in [-0.39, 0.29) is 16.7 Å². The van der Waals surface area contributed by atoms with E-state index in [4.69, 9.17) is 0 Å². The van der Waals surface area contributed by atoms with Gasteiger partial charge in [-0.25, -0.2) is 0 Å². The topological polar surface area (TPSA) is 63.1 Å². The number of likely N-dealkylation sites (tertiary alicyclic amines) is 1. The van der Waals surface area contributed by atoms with Crippen LogP contribution in [0.3, 0.4) is 0 Å². The van der Waals surface area contributed by atoms with E-state index in [1.165, 1.54) is 6.42 Å². The van der Waals surface area contributed by atoms with E-state index in [0.29, 0.717) is 11.8 Å². The quantitative estimate of drug-likeness (QED) is 0.866. The molecular formula is C21H35N5O. The Balaban J connectivity index is 1.39. The number of rotatable bonds is 2. The summed E-state index contributed by atoms with van der Waals surface area (Å²) in [4.78, 5) is 15.4. The van der Waals surface area contributed by atoms with Crippen LogP contribution in [0.4, 0.5) is 0 Å². The highest BCUT2D eigenvalue weighted by molar-refractivity contribution is 5.79. The Hall–Kier alpha value is -1.43. The summed E-state index contributed by atoms with van der Waals surface area (Å²) in [6, 6.07) is 0. The normalized spacial score (nSPS) is 26.0. The number of fused-ring (bicyclic) bond motifs is 1. The molecule has 6 nitrogen and oxygen atoms in total. The van der Waals surface area contributed by atoms with Crippen molar-refractivity contribution in [2.45, 2.75) is 78.8 Å². The molecule has 3 heterocycles. The highest BCUT2D eigenvalue weighted by Crippen LogP contribution is 2.49. The number of nitrogens with zero attached hydrogens (tertiary/aromatic N) is 4. The number of carbonyl (C=O) groups is 1. The summed E-state index contributed by atoms with van der Waals surface area (Å²) in [5, 5.41) is 12.2. The maximum absolute atomic E-state index is 13.2. The Morgan fingerprint density at radius 3 is 2.37 bits per heavy atom. The Morgan fingerprint density at radius 1 is 1.04 bits per heavy atom. The smallest absolute Gasteiger partial charge is 0.225 e. The molecule has 27 heavy (non-hydrogen) atoms. The molecule has 1 amide bonds. The standard InChI is InChI=1S/C21H35N5O/c1-20(2)11-16(12-21(3,4)14-20)19(27)25-8-5-15(6-9-25)18-24-23-17-13-22-7-10-26(17)18/h15-16,22H,5-14H2,1-4H3. The van der Waals surface area contributed by atoms with Crippen molar-refractivity contribution >= 4 is 5.91 Å². The lowest BCUT2D eigenvalue weighted by molar-refractivity contribution is -0.141. The largest absolute Gasteiger partial charge is 0.342 e. The highest BCUT2D eigenvalue weighted by Gasteiger charge is 2.42. The van der Waals surface area contributed by atoms with Crippen LogP contribution in [0.15, 0.2) is 0 Å². The van der Waals surface area contributed by atoms with E-state index in [0.717, 1.165) is 70.1 Å². The molecule has 0 aromatic carbocycles. The molecule has 6 heteroatoms. The van der Waals surface area contributed by atoms with Gasteiger partial charge in [-0.05, 0) is 42.9 Å². The van der Waals surface area contributed by atoms with E-state index in [9.17, 15) is 4.79 Å². The van der Waals surface area contributed by atoms with Crippen LogP contribution < -0.4 is 5.32 Å². The van der Waals surface area contributed by atoms with Crippen molar-refractivity contribution in [1.82, 2.24) is 25.0 Å². The number of amides is 1. The number of aromatic nitrogens is 3. The van der Waals surface area contributed by atoms with Gasteiger partial charge in [0.2, 0.25) is 5.91 Å². The zero-order valence-corrected chi connectivity index (χ0v) is 17.4. The third kappa shape index (κ3) is 3.91. The van der Waals surface area contributed by atoms with Gasteiger partial charge in [-0.2, -0.15) is 0 Å². The molecule has 150 valence electrons. The fraction of sp³-hybridized carbons (Fsp3) is 0.857. The Labute approximate surface area is 163 Å². The van der Waals surface area contributed by atoms with Crippen LogP contribution in [0.25, 0.3) is 0 Å². The molecule has 1 saturated heterocycles. The minimum Gasteiger partial charge on any atom is -0.342 e. The second-order valence-electron chi connectivity index (χ2n) is 10.5. The van der Waals surface area contributed by atoms with Crippen molar-refractivity contribution in [2.75, 3.05) is 19.6 Å². The van der Waals surface area contributed by atoms with E-state index >= 15 is 0 Å². The molecule has 4 rings (SSSR count). The van der Waals surface area contributed by atoms with Gasteiger partial charge in [-0.1, -0.05) is 27.7 Å². The monoisotopic (exact) mass is 373 g/mol. The minimum absolute atomic E-state index is 0.187. The van der Waals surface area contributed by atoms with Gasteiger partial charge in [0.05, 0.1) is 6.54 Å². The van der Waals surface area contributed by atoms with Gasteiger partial charge >= 0.3 is 0 Å². The van der Waals surface area contributed by atoms with Gasteiger partial charge in [0, 0.05) is 38.0 Å². The Morgan fingerprint density at radius 2 is 1.70 bits per heavy atom. The van der Waals surface area contributed by atoms with Gasteiger partial charge in [-0.3, -0.25) is 4.79 Å². The fourth-order valence-corrected chi connectivity index (χ4v) is 6.05. The van der Waals surface area contributed by atoms with Crippen LogP contribution in [0.5, 0.6) is 0 Å². The lowest BCUT2D eigenvalue weighted by Gasteiger charge is -2.46. The number of hydrogen-bond donors (Lipinski definition) is 1. The molecule has 1 saturated carbocycles. The highest BCUT2D eigenvalue weighted by atomic mass is 16.2. The molecule has 1 N–H and O–H groups in total. The lowest BCUT2D eigenvalue weighted by atomic mass is 9.61. The SMILES string of the molecule is CC1(C)CC(C(=O)N2CCC(c3nnc4n3CCNC4)CC2)CC(C)(C)C1. The van der Waals surface area contributed by atoms with Gasteiger partial charge < -0.3 is 14.8 Å². The van der Waals surface area contributed by atoms with Crippen molar-refractivity contribution in [2.24, 2.45) is 16.7 Å². The first-order valence-electron chi connectivity index (χ1n) is 10.7. The number of hydrogen-bond acceptors (Lipinski definition) is 4. The molecule has 3 aliphatic rings. The number of piperidine rings is 1. The third-order valence-electron chi connectivity index (χ3n) is 6.73. The lowest BCUT2D eigenvalue weighted by Crippen LogP contribution is -2.46. The number of carbonyl (C=O) groups excluding carboxylic acids is 1. The van der Waals surface area contributed by atoms with Crippen LogP contribution in [0, 0.1) is 16.7 Å². The summed E-state index contributed by atoms with van der Waals surface area (Å²) in [6.45, 7) is 13.8. The van der Waals surface area contributed by atoms with Gasteiger partial charge in [0.15, 0.2) is 0 Å². The van der Waals surface area contributed by atoms with Crippen molar-refractivity contribution in [3.8, 4) is 0 Å². The van der Waals surface area contributed by atoms with E-state index in [2.05, 4.69) is 52.7 Å².